The van der Waals surface area contributed by atoms with Gasteiger partial charge in [-0.1, -0.05) is 6.92 Å². The second-order valence-electron chi connectivity index (χ2n) is 11.9. The smallest absolute Gasteiger partial charge is 0.311 e. The third-order valence-corrected chi connectivity index (χ3v) is 9.87. The van der Waals surface area contributed by atoms with Gasteiger partial charge < -0.3 is 9.47 Å². The molecular formula is C25H38O4. The van der Waals surface area contributed by atoms with E-state index in [-0.39, 0.29) is 29.6 Å². The molecule has 162 valence electrons. The number of hydrogen-bond donors (Lipinski definition) is 0. The molecule has 6 fully saturated rings. The molecule has 4 atom stereocenters. The molecular weight excluding hydrogens is 364 g/mol. The molecule has 0 aliphatic heterocycles. The van der Waals surface area contributed by atoms with E-state index < -0.39 is 5.41 Å². The number of hydrogen-bond acceptors (Lipinski definition) is 4. The average molecular weight is 403 g/mol. The van der Waals surface area contributed by atoms with Gasteiger partial charge in [-0.15, -0.1) is 0 Å². The molecule has 6 rings (SSSR count). The van der Waals surface area contributed by atoms with Crippen LogP contribution >= 0.6 is 0 Å². The Bertz CT molecular complexity index is 667. The Hall–Kier alpha value is -1.06. The Morgan fingerprint density at radius 3 is 2.03 bits per heavy atom. The Labute approximate surface area is 175 Å². The fourth-order valence-electron chi connectivity index (χ4n) is 7.68. The minimum absolute atomic E-state index is 0.000801. The molecule has 0 aromatic carbocycles. The van der Waals surface area contributed by atoms with Crippen LogP contribution in [0, 0.1) is 46.8 Å². The average Bonchev–Trinajstić information content (AvgIpc) is 3.26. The normalized spacial score (nSPS) is 47.4. The quantitative estimate of drug-likeness (QED) is 0.598. The van der Waals surface area contributed by atoms with Crippen molar-refractivity contribution in [2.45, 2.75) is 97.2 Å². The van der Waals surface area contributed by atoms with Crippen LogP contribution in [0.3, 0.4) is 0 Å². The lowest BCUT2D eigenvalue weighted by Crippen LogP contribution is -2.58. The van der Waals surface area contributed by atoms with Gasteiger partial charge in [0.25, 0.3) is 0 Å². The molecule has 0 radical (unpaired) electrons. The second kappa shape index (κ2) is 6.72. The van der Waals surface area contributed by atoms with E-state index in [2.05, 4.69) is 6.92 Å². The van der Waals surface area contributed by atoms with Crippen LogP contribution in [-0.2, 0) is 19.1 Å². The molecule has 0 aromatic heterocycles. The van der Waals surface area contributed by atoms with Gasteiger partial charge in [0.15, 0.2) is 0 Å². The number of carbonyl (C=O) groups is 2. The van der Waals surface area contributed by atoms with E-state index in [4.69, 9.17) is 9.47 Å². The first-order valence-electron chi connectivity index (χ1n) is 12.1. The molecule has 0 amide bonds. The van der Waals surface area contributed by atoms with Crippen molar-refractivity contribution in [1.29, 1.82) is 0 Å². The van der Waals surface area contributed by atoms with Gasteiger partial charge in [-0.2, -0.15) is 0 Å². The SMILES string of the molecule is CCC(C)(C)C(=O)OC1CC2CC1CC2C(=O)OC1(C)C2CC3CC(C2)CC1C3. The summed E-state index contributed by atoms with van der Waals surface area (Å²) in [6.45, 7) is 8.17. The van der Waals surface area contributed by atoms with Crippen LogP contribution in [-0.4, -0.2) is 23.6 Å². The largest absolute Gasteiger partial charge is 0.462 e. The first-order valence-corrected chi connectivity index (χ1v) is 12.1. The van der Waals surface area contributed by atoms with Gasteiger partial charge in [0.1, 0.15) is 11.7 Å². The van der Waals surface area contributed by atoms with Gasteiger partial charge in [0.05, 0.1) is 11.3 Å². The zero-order valence-electron chi connectivity index (χ0n) is 18.6. The lowest BCUT2D eigenvalue weighted by atomic mass is 9.50. The Balaban J connectivity index is 1.20. The van der Waals surface area contributed by atoms with Crippen LogP contribution in [0.1, 0.15) is 85.5 Å². The topological polar surface area (TPSA) is 52.6 Å². The first kappa shape index (κ1) is 19.9. The van der Waals surface area contributed by atoms with Crippen molar-refractivity contribution < 1.29 is 19.1 Å². The molecule has 4 heteroatoms. The summed E-state index contributed by atoms with van der Waals surface area (Å²) in [6, 6.07) is 0. The van der Waals surface area contributed by atoms with Crippen molar-refractivity contribution in [3.63, 3.8) is 0 Å². The predicted octanol–water partition coefficient (Wildman–Crippen LogP) is 5.14. The van der Waals surface area contributed by atoms with Gasteiger partial charge in [0, 0.05) is 0 Å². The Kier molecular flexibility index (Phi) is 4.61. The number of esters is 2. The summed E-state index contributed by atoms with van der Waals surface area (Å²) in [6.07, 6.45) is 9.93. The molecule has 6 aliphatic rings. The van der Waals surface area contributed by atoms with Crippen molar-refractivity contribution in [2.75, 3.05) is 0 Å². The summed E-state index contributed by atoms with van der Waals surface area (Å²) < 4.78 is 12.3. The second-order valence-corrected chi connectivity index (χ2v) is 11.9. The molecule has 0 N–H and O–H groups in total. The first-order chi connectivity index (χ1) is 13.7. The highest BCUT2D eigenvalue weighted by Gasteiger charge is 2.59. The summed E-state index contributed by atoms with van der Waals surface area (Å²) in [5, 5.41) is 0. The molecule has 6 saturated carbocycles. The number of ether oxygens (including phenoxy) is 2. The molecule has 29 heavy (non-hydrogen) atoms. The highest BCUT2D eigenvalue weighted by atomic mass is 16.6. The van der Waals surface area contributed by atoms with E-state index in [1.54, 1.807) is 0 Å². The molecule has 0 saturated heterocycles. The standard InChI is InChI=1S/C25H38O4/c1-5-24(2,3)23(27)28-21-13-16-11-17(21)12-20(16)22(26)29-25(4)18-7-14-6-15(9-18)10-19(25)8-14/h14-21H,5-13H2,1-4H3. The van der Waals surface area contributed by atoms with E-state index in [1.165, 1.54) is 32.1 Å². The molecule has 0 heterocycles. The van der Waals surface area contributed by atoms with Crippen molar-refractivity contribution in [1.82, 2.24) is 0 Å². The van der Waals surface area contributed by atoms with E-state index in [0.717, 1.165) is 37.5 Å². The van der Waals surface area contributed by atoms with Crippen molar-refractivity contribution >= 4 is 11.9 Å². The summed E-state index contributed by atoms with van der Waals surface area (Å²) in [5.41, 5.74) is -0.655. The van der Waals surface area contributed by atoms with Crippen LogP contribution in [0.15, 0.2) is 0 Å². The monoisotopic (exact) mass is 402 g/mol. The third-order valence-electron chi connectivity index (χ3n) is 9.87. The van der Waals surface area contributed by atoms with Crippen molar-refractivity contribution in [3.05, 3.63) is 0 Å². The maximum atomic E-state index is 13.2. The molecule has 4 unspecified atom stereocenters. The third kappa shape index (κ3) is 3.15. The number of carbonyl (C=O) groups excluding carboxylic acids is 2. The summed E-state index contributed by atoms with van der Waals surface area (Å²) in [5.74, 6) is 3.56. The molecule has 4 nitrogen and oxygen atoms in total. The minimum atomic E-state index is -0.422. The van der Waals surface area contributed by atoms with Crippen LogP contribution in [0.4, 0.5) is 0 Å². The van der Waals surface area contributed by atoms with Crippen LogP contribution in [0.5, 0.6) is 0 Å². The Morgan fingerprint density at radius 1 is 0.897 bits per heavy atom. The lowest BCUT2D eigenvalue weighted by Gasteiger charge is -2.59. The molecule has 0 spiro atoms. The number of fused-ring (bicyclic) bond motifs is 2. The van der Waals surface area contributed by atoms with E-state index in [1.807, 2.05) is 20.8 Å². The maximum absolute atomic E-state index is 13.2. The Morgan fingerprint density at radius 2 is 1.52 bits per heavy atom. The fourth-order valence-corrected chi connectivity index (χ4v) is 7.68. The van der Waals surface area contributed by atoms with Gasteiger partial charge in [0.2, 0.25) is 0 Å². The van der Waals surface area contributed by atoms with E-state index >= 15 is 0 Å². The maximum Gasteiger partial charge on any atom is 0.311 e. The lowest BCUT2D eigenvalue weighted by molar-refractivity contribution is -0.208. The van der Waals surface area contributed by atoms with Gasteiger partial charge >= 0.3 is 11.9 Å². The minimum Gasteiger partial charge on any atom is -0.462 e. The van der Waals surface area contributed by atoms with Crippen LogP contribution in [0.25, 0.3) is 0 Å². The fraction of sp³-hybridized carbons (Fsp3) is 0.920. The highest BCUT2D eigenvalue weighted by molar-refractivity contribution is 5.76. The van der Waals surface area contributed by atoms with Crippen molar-refractivity contribution in [2.24, 2.45) is 46.8 Å². The van der Waals surface area contributed by atoms with Crippen LogP contribution < -0.4 is 0 Å². The number of rotatable bonds is 5. The summed E-state index contributed by atoms with van der Waals surface area (Å²) >= 11 is 0. The van der Waals surface area contributed by atoms with E-state index in [9.17, 15) is 9.59 Å². The zero-order chi connectivity index (χ0) is 20.6. The molecule has 6 aliphatic carbocycles. The van der Waals surface area contributed by atoms with Gasteiger partial charge in [-0.3, -0.25) is 9.59 Å². The molecule has 6 bridgehead atoms. The predicted molar refractivity (Wildman–Crippen MR) is 110 cm³/mol. The van der Waals surface area contributed by atoms with E-state index in [0.29, 0.717) is 23.7 Å². The summed E-state index contributed by atoms with van der Waals surface area (Å²) in [4.78, 5) is 25.7. The summed E-state index contributed by atoms with van der Waals surface area (Å²) in [7, 11) is 0. The highest BCUT2D eigenvalue weighted by Crippen LogP contribution is 2.60. The van der Waals surface area contributed by atoms with Gasteiger partial charge in [-0.05, 0) is 114 Å². The van der Waals surface area contributed by atoms with Gasteiger partial charge in [-0.25, -0.2) is 0 Å². The van der Waals surface area contributed by atoms with Crippen molar-refractivity contribution in [3.8, 4) is 0 Å². The zero-order valence-corrected chi connectivity index (χ0v) is 18.6. The van der Waals surface area contributed by atoms with Crippen LogP contribution in [0.2, 0.25) is 0 Å². The molecule has 0 aromatic rings.